The van der Waals surface area contributed by atoms with Crippen LogP contribution in [0.2, 0.25) is 0 Å². The molecule has 0 radical (unpaired) electrons. The number of nitrogens with two attached hydrogens (primary N) is 1. The zero-order chi connectivity index (χ0) is 20.1. The van der Waals surface area contributed by atoms with E-state index in [9.17, 15) is 14.4 Å². The van der Waals surface area contributed by atoms with E-state index < -0.39 is 11.2 Å². The molecule has 1 aromatic heterocycles. The minimum absolute atomic E-state index is 0.0152. The third kappa shape index (κ3) is 4.24. The highest BCUT2D eigenvalue weighted by molar-refractivity contribution is 5.95. The Morgan fingerprint density at radius 3 is 2.68 bits per heavy atom. The van der Waals surface area contributed by atoms with Crippen LogP contribution in [0, 0.1) is 5.92 Å². The highest BCUT2D eigenvalue weighted by Gasteiger charge is 2.25. The van der Waals surface area contributed by atoms with Gasteiger partial charge in [-0.2, -0.15) is 0 Å². The third-order valence-corrected chi connectivity index (χ3v) is 4.96. The molecule has 0 spiro atoms. The summed E-state index contributed by atoms with van der Waals surface area (Å²) in [5.74, 6) is 0.0456. The van der Waals surface area contributed by atoms with Crippen molar-refractivity contribution in [1.29, 1.82) is 0 Å². The first-order valence-electron chi connectivity index (χ1n) is 9.64. The van der Waals surface area contributed by atoms with E-state index in [1.807, 2.05) is 43.3 Å². The molecule has 7 nitrogen and oxygen atoms in total. The summed E-state index contributed by atoms with van der Waals surface area (Å²) in [5.41, 5.74) is 5.96. The molecule has 0 bridgehead atoms. The van der Waals surface area contributed by atoms with E-state index >= 15 is 0 Å². The quantitative estimate of drug-likeness (QED) is 0.717. The lowest BCUT2D eigenvalue weighted by Gasteiger charge is -2.25. The lowest BCUT2D eigenvalue weighted by Crippen LogP contribution is -2.42. The minimum atomic E-state index is -0.629. The van der Waals surface area contributed by atoms with E-state index in [0.717, 1.165) is 18.4 Å². The molecule has 1 aromatic carbocycles. The van der Waals surface area contributed by atoms with Crippen LogP contribution in [0.25, 0.3) is 0 Å². The van der Waals surface area contributed by atoms with Crippen molar-refractivity contribution < 1.29 is 4.79 Å². The average molecular weight is 382 g/mol. The molecule has 7 heteroatoms. The Hall–Kier alpha value is -3.09. The maximum Gasteiger partial charge on any atom is 0.330 e. The van der Waals surface area contributed by atoms with Gasteiger partial charge in [-0.3, -0.25) is 19.1 Å². The average Bonchev–Trinajstić information content (AvgIpc) is 3.18. The number of aromatic nitrogens is 2. The highest BCUT2D eigenvalue weighted by Crippen LogP contribution is 2.24. The SMILES string of the molecule is CCCN(C(=O)CC1C=CCC1)c1c(N)n(Cc2ccccc2)c(=O)[nH]c1=O. The number of hydrogen-bond acceptors (Lipinski definition) is 4. The van der Waals surface area contributed by atoms with Crippen LogP contribution in [-0.2, 0) is 11.3 Å². The van der Waals surface area contributed by atoms with Crippen LogP contribution in [0.3, 0.4) is 0 Å². The Labute approximate surface area is 163 Å². The molecule has 0 aliphatic heterocycles. The number of anilines is 2. The molecule has 1 atom stereocenters. The molecule has 1 unspecified atom stereocenters. The van der Waals surface area contributed by atoms with E-state index in [1.54, 1.807) is 0 Å². The minimum Gasteiger partial charge on any atom is -0.383 e. The van der Waals surface area contributed by atoms with Crippen molar-refractivity contribution in [2.24, 2.45) is 5.92 Å². The first-order valence-corrected chi connectivity index (χ1v) is 9.64. The summed E-state index contributed by atoms with van der Waals surface area (Å²) >= 11 is 0. The van der Waals surface area contributed by atoms with E-state index in [-0.39, 0.29) is 29.9 Å². The summed E-state index contributed by atoms with van der Waals surface area (Å²) in [5, 5.41) is 0. The molecule has 1 aliphatic carbocycles. The van der Waals surface area contributed by atoms with E-state index in [4.69, 9.17) is 5.73 Å². The van der Waals surface area contributed by atoms with Crippen LogP contribution in [0.4, 0.5) is 11.5 Å². The number of nitrogens with one attached hydrogen (secondary N) is 1. The van der Waals surface area contributed by atoms with Crippen LogP contribution >= 0.6 is 0 Å². The molecule has 148 valence electrons. The third-order valence-electron chi connectivity index (χ3n) is 4.96. The molecule has 3 N–H and O–H groups in total. The van der Waals surface area contributed by atoms with Crippen LogP contribution in [0.15, 0.2) is 52.1 Å². The second kappa shape index (κ2) is 8.73. The van der Waals surface area contributed by atoms with Crippen molar-refractivity contribution in [3.8, 4) is 0 Å². The van der Waals surface area contributed by atoms with Crippen molar-refractivity contribution in [1.82, 2.24) is 9.55 Å². The number of H-pyrrole nitrogens is 1. The van der Waals surface area contributed by atoms with Crippen molar-refractivity contribution >= 4 is 17.4 Å². The molecule has 0 fully saturated rings. The van der Waals surface area contributed by atoms with Gasteiger partial charge in [0.2, 0.25) is 5.91 Å². The van der Waals surface area contributed by atoms with Gasteiger partial charge in [0.15, 0.2) is 5.69 Å². The molecule has 1 aliphatic rings. The Morgan fingerprint density at radius 2 is 2.04 bits per heavy atom. The Morgan fingerprint density at radius 1 is 1.29 bits per heavy atom. The maximum absolute atomic E-state index is 12.9. The van der Waals surface area contributed by atoms with Gasteiger partial charge in [0.1, 0.15) is 5.82 Å². The molecule has 0 saturated carbocycles. The molecular weight excluding hydrogens is 356 g/mol. The Kier molecular flexibility index (Phi) is 6.13. The largest absolute Gasteiger partial charge is 0.383 e. The summed E-state index contributed by atoms with van der Waals surface area (Å²) in [6.07, 6.45) is 7.02. The smallest absolute Gasteiger partial charge is 0.330 e. The Bertz CT molecular complexity index is 975. The van der Waals surface area contributed by atoms with Gasteiger partial charge >= 0.3 is 5.69 Å². The number of nitrogen functional groups attached to an aromatic ring is 1. The van der Waals surface area contributed by atoms with Gasteiger partial charge in [-0.1, -0.05) is 49.4 Å². The maximum atomic E-state index is 12.9. The monoisotopic (exact) mass is 382 g/mol. The molecule has 3 rings (SSSR count). The van der Waals surface area contributed by atoms with Crippen LogP contribution < -0.4 is 21.9 Å². The first kappa shape index (κ1) is 19.7. The van der Waals surface area contributed by atoms with Gasteiger partial charge in [0.25, 0.3) is 5.56 Å². The number of nitrogens with zero attached hydrogens (tertiary/aromatic N) is 2. The predicted molar refractivity (Wildman–Crippen MR) is 110 cm³/mol. The zero-order valence-corrected chi connectivity index (χ0v) is 16.1. The number of aromatic amines is 1. The zero-order valence-electron chi connectivity index (χ0n) is 16.1. The van der Waals surface area contributed by atoms with E-state index in [0.29, 0.717) is 19.4 Å². The normalized spacial score (nSPS) is 15.7. The summed E-state index contributed by atoms with van der Waals surface area (Å²) in [6, 6.07) is 9.36. The van der Waals surface area contributed by atoms with Gasteiger partial charge in [-0.05, 0) is 30.7 Å². The summed E-state index contributed by atoms with van der Waals surface area (Å²) in [4.78, 5) is 41.6. The summed E-state index contributed by atoms with van der Waals surface area (Å²) in [7, 11) is 0. The van der Waals surface area contributed by atoms with Crippen LogP contribution in [0.5, 0.6) is 0 Å². The fourth-order valence-electron chi connectivity index (χ4n) is 3.55. The summed E-state index contributed by atoms with van der Waals surface area (Å²) in [6.45, 7) is 2.51. The van der Waals surface area contributed by atoms with Crippen molar-refractivity contribution in [2.75, 3.05) is 17.2 Å². The number of rotatable bonds is 7. The highest BCUT2D eigenvalue weighted by atomic mass is 16.2. The number of amides is 1. The molecule has 2 aromatic rings. The standard InChI is InChI=1S/C21H26N4O3/c1-2-12-24(17(26)13-15-8-6-7-9-15)18-19(22)25(21(28)23-20(18)27)14-16-10-4-3-5-11-16/h3-6,8,10-11,15H,2,7,9,12-14,22H2,1H3,(H,23,27,28). The number of allylic oxidation sites excluding steroid dienone is 2. The van der Waals surface area contributed by atoms with Crippen molar-refractivity contribution in [3.63, 3.8) is 0 Å². The lowest BCUT2D eigenvalue weighted by atomic mass is 10.0. The lowest BCUT2D eigenvalue weighted by molar-refractivity contribution is -0.119. The fraction of sp³-hybridized carbons (Fsp3) is 0.381. The van der Waals surface area contributed by atoms with E-state index in [2.05, 4.69) is 11.1 Å². The van der Waals surface area contributed by atoms with Gasteiger partial charge in [-0.25, -0.2) is 4.79 Å². The number of carbonyl (C=O) groups is 1. The Balaban J connectivity index is 1.98. The van der Waals surface area contributed by atoms with E-state index in [1.165, 1.54) is 9.47 Å². The topological polar surface area (TPSA) is 101 Å². The molecule has 1 heterocycles. The number of carbonyl (C=O) groups excluding carboxylic acids is 1. The predicted octanol–water partition coefficient (Wildman–Crippen LogP) is 2.27. The van der Waals surface area contributed by atoms with Gasteiger partial charge < -0.3 is 10.6 Å². The first-order chi connectivity index (χ1) is 13.5. The number of benzene rings is 1. The number of hydrogen-bond donors (Lipinski definition) is 2. The summed E-state index contributed by atoms with van der Waals surface area (Å²) < 4.78 is 1.30. The van der Waals surface area contributed by atoms with Gasteiger partial charge in [0.05, 0.1) is 6.54 Å². The second-order valence-corrected chi connectivity index (χ2v) is 7.08. The second-order valence-electron chi connectivity index (χ2n) is 7.08. The van der Waals surface area contributed by atoms with Gasteiger partial charge in [-0.15, -0.1) is 0 Å². The molecule has 0 saturated heterocycles. The molecule has 28 heavy (non-hydrogen) atoms. The molecule has 1 amide bonds. The fourth-order valence-corrected chi connectivity index (χ4v) is 3.55. The van der Waals surface area contributed by atoms with Crippen molar-refractivity contribution in [3.05, 3.63) is 68.9 Å². The van der Waals surface area contributed by atoms with Crippen molar-refractivity contribution in [2.45, 2.75) is 39.2 Å². The molecular formula is C21H26N4O3. The van der Waals surface area contributed by atoms with Gasteiger partial charge in [0, 0.05) is 13.0 Å². The van der Waals surface area contributed by atoms with Crippen LogP contribution in [0.1, 0.15) is 38.2 Å². The van der Waals surface area contributed by atoms with Crippen LogP contribution in [-0.4, -0.2) is 22.0 Å².